The van der Waals surface area contributed by atoms with Gasteiger partial charge in [-0.1, -0.05) is 46.4 Å². The van der Waals surface area contributed by atoms with Crippen molar-refractivity contribution in [3.8, 4) is 11.6 Å². The van der Waals surface area contributed by atoms with Crippen molar-refractivity contribution in [1.29, 1.82) is 0 Å². The largest absolute Gasteiger partial charge is 0.437 e. The Bertz CT molecular complexity index is 793. The average molecular weight is 421 g/mol. The van der Waals surface area contributed by atoms with Crippen LogP contribution in [-0.4, -0.2) is 29.0 Å². The van der Waals surface area contributed by atoms with Crippen LogP contribution in [0.2, 0.25) is 20.2 Å². The van der Waals surface area contributed by atoms with E-state index >= 15 is 0 Å². The van der Waals surface area contributed by atoms with Crippen LogP contribution in [-0.2, 0) is 0 Å². The summed E-state index contributed by atoms with van der Waals surface area (Å²) in [4.78, 5) is 17.8. The molecule has 9 heteroatoms. The Hall–Kier alpha value is -1.40. The maximum atomic E-state index is 12.1. The summed E-state index contributed by atoms with van der Waals surface area (Å²) in [6.45, 7) is 1.57. The van der Waals surface area contributed by atoms with Gasteiger partial charge in [0.05, 0.1) is 10.0 Å². The molecule has 25 heavy (non-hydrogen) atoms. The van der Waals surface area contributed by atoms with Gasteiger partial charge in [-0.25, -0.2) is 4.79 Å². The molecular weight excluding hydrogens is 408 g/mol. The standard InChI is InChI=1S/C16H13Cl4N3O2/c17-11-12(18)14(20)22-15(13(11)19)25-10-5-3-9(4-6-10)21-16(24)23-7-1-2-8-23/h3-6H,1-2,7-8H2,(H,21,24). The van der Waals surface area contributed by atoms with Crippen LogP contribution >= 0.6 is 46.4 Å². The lowest BCUT2D eigenvalue weighted by atomic mass is 10.3. The Morgan fingerprint density at radius 1 is 1.00 bits per heavy atom. The van der Waals surface area contributed by atoms with Crippen LogP contribution in [0.3, 0.4) is 0 Å². The SMILES string of the molecule is O=C(Nc1ccc(Oc2nc(Cl)c(Cl)c(Cl)c2Cl)cc1)N1CCCC1. The molecule has 0 unspecified atom stereocenters. The maximum absolute atomic E-state index is 12.1. The van der Waals surface area contributed by atoms with Crippen LogP contribution in [0, 0.1) is 0 Å². The van der Waals surface area contributed by atoms with Gasteiger partial charge in [0.25, 0.3) is 0 Å². The van der Waals surface area contributed by atoms with Crippen molar-refractivity contribution in [3.05, 3.63) is 44.5 Å². The molecule has 3 rings (SSSR count). The van der Waals surface area contributed by atoms with Crippen LogP contribution in [0.1, 0.15) is 12.8 Å². The second kappa shape index (κ2) is 7.87. The number of likely N-dealkylation sites (tertiary alicyclic amines) is 1. The molecule has 1 saturated heterocycles. The van der Waals surface area contributed by atoms with Crippen LogP contribution < -0.4 is 10.1 Å². The van der Waals surface area contributed by atoms with E-state index in [1.54, 1.807) is 29.2 Å². The van der Waals surface area contributed by atoms with E-state index in [9.17, 15) is 4.79 Å². The van der Waals surface area contributed by atoms with Crippen molar-refractivity contribution in [2.75, 3.05) is 18.4 Å². The zero-order chi connectivity index (χ0) is 18.0. The fraction of sp³-hybridized carbons (Fsp3) is 0.250. The summed E-state index contributed by atoms with van der Waals surface area (Å²) in [5.74, 6) is 0.512. The second-order valence-electron chi connectivity index (χ2n) is 5.40. The van der Waals surface area contributed by atoms with E-state index in [0.717, 1.165) is 25.9 Å². The Labute approximate surface area is 164 Å². The zero-order valence-corrected chi connectivity index (χ0v) is 15.9. The van der Waals surface area contributed by atoms with Crippen molar-refractivity contribution in [3.63, 3.8) is 0 Å². The van der Waals surface area contributed by atoms with Gasteiger partial charge in [-0.15, -0.1) is 0 Å². The molecule has 132 valence electrons. The highest BCUT2D eigenvalue weighted by molar-refractivity contribution is 6.51. The van der Waals surface area contributed by atoms with E-state index in [4.69, 9.17) is 51.1 Å². The number of carbonyl (C=O) groups excluding carboxylic acids is 1. The second-order valence-corrected chi connectivity index (χ2v) is 6.89. The predicted octanol–water partition coefficient (Wildman–Crippen LogP) is 6.12. The number of aromatic nitrogens is 1. The molecule has 1 aliphatic heterocycles. The molecule has 0 radical (unpaired) electrons. The fourth-order valence-corrected chi connectivity index (χ4v) is 3.13. The van der Waals surface area contributed by atoms with Gasteiger partial charge >= 0.3 is 6.03 Å². The van der Waals surface area contributed by atoms with E-state index in [2.05, 4.69) is 10.3 Å². The molecule has 2 amide bonds. The van der Waals surface area contributed by atoms with E-state index in [1.807, 2.05) is 0 Å². The summed E-state index contributed by atoms with van der Waals surface area (Å²) in [7, 11) is 0. The van der Waals surface area contributed by atoms with Crippen molar-refractivity contribution in [1.82, 2.24) is 9.88 Å². The van der Waals surface area contributed by atoms with Crippen molar-refractivity contribution >= 4 is 58.1 Å². The van der Waals surface area contributed by atoms with Gasteiger partial charge in [0.15, 0.2) is 5.15 Å². The number of halogens is 4. The molecule has 0 atom stereocenters. The first-order chi connectivity index (χ1) is 12.0. The summed E-state index contributed by atoms with van der Waals surface area (Å²) in [5, 5.41) is 3.06. The minimum atomic E-state index is -0.104. The molecule has 1 fully saturated rings. The van der Waals surface area contributed by atoms with E-state index in [-0.39, 0.29) is 32.1 Å². The monoisotopic (exact) mass is 419 g/mol. The number of hydrogen-bond donors (Lipinski definition) is 1. The fourth-order valence-electron chi connectivity index (χ4n) is 2.38. The molecular formula is C16H13Cl4N3O2. The summed E-state index contributed by atoms with van der Waals surface area (Å²) in [6, 6.07) is 6.68. The quantitative estimate of drug-likeness (QED) is 0.608. The van der Waals surface area contributed by atoms with E-state index in [1.165, 1.54) is 0 Å². The highest BCUT2D eigenvalue weighted by Gasteiger charge is 2.18. The molecule has 0 aliphatic carbocycles. The maximum Gasteiger partial charge on any atom is 0.321 e. The third-order valence-electron chi connectivity index (χ3n) is 3.67. The molecule has 1 aliphatic rings. The number of urea groups is 1. The van der Waals surface area contributed by atoms with Gasteiger partial charge in [-0.2, -0.15) is 4.98 Å². The van der Waals surface area contributed by atoms with E-state index < -0.39 is 0 Å². The Morgan fingerprint density at radius 3 is 2.28 bits per heavy atom. The number of nitrogens with zero attached hydrogens (tertiary/aromatic N) is 2. The number of anilines is 1. The molecule has 0 saturated carbocycles. The number of carbonyl (C=O) groups is 1. The van der Waals surface area contributed by atoms with Gasteiger partial charge in [0, 0.05) is 18.8 Å². The van der Waals surface area contributed by atoms with Crippen molar-refractivity contribution in [2.45, 2.75) is 12.8 Å². The minimum Gasteiger partial charge on any atom is -0.437 e. The number of rotatable bonds is 3. The minimum absolute atomic E-state index is 0.000522. The van der Waals surface area contributed by atoms with Gasteiger partial charge in [0.2, 0.25) is 5.88 Å². The van der Waals surface area contributed by atoms with Gasteiger partial charge < -0.3 is 15.0 Å². The van der Waals surface area contributed by atoms with Crippen LogP contribution in [0.25, 0.3) is 0 Å². The highest BCUT2D eigenvalue weighted by atomic mass is 35.5. The van der Waals surface area contributed by atoms with Gasteiger partial charge in [-0.05, 0) is 37.1 Å². The average Bonchev–Trinajstić information content (AvgIpc) is 3.14. The summed E-state index contributed by atoms with van der Waals surface area (Å²) >= 11 is 23.8. The number of benzene rings is 1. The normalized spacial score (nSPS) is 13.8. The summed E-state index contributed by atoms with van der Waals surface area (Å²) in [5.41, 5.74) is 0.662. The third-order valence-corrected chi connectivity index (χ3v) is 5.33. The molecule has 1 aromatic heterocycles. The molecule has 1 aromatic carbocycles. The van der Waals surface area contributed by atoms with E-state index in [0.29, 0.717) is 11.4 Å². The Kier molecular flexibility index (Phi) is 5.79. The summed E-state index contributed by atoms with van der Waals surface area (Å²) in [6.07, 6.45) is 2.08. The third kappa shape index (κ3) is 4.23. The first kappa shape index (κ1) is 18.4. The molecule has 2 heterocycles. The lowest BCUT2D eigenvalue weighted by Gasteiger charge is -2.16. The highest BCUT2D eigenvalue weighted by Crippen LogP contribution is 2.41. The number of pyridine rings is 1. The predicted molar refractivity (Wildman–Crippen MR) is 101 cm³/mol. The van der Waals surface area contributed by atoms with Crippen LogP contribution in [0.15, 0.2) is 24.3 Å². The molecule has 0 spiro atoms. The first-order valence-electron chi connectivity index (χ1n) is 7.49. The number of amides is 2. The van der Waals surface area contributed by atoms with Crippen LogP contribution in [0.5, 0.6) is 11.6 Å². The molecule has 1 N–H and O–H groups in total. The lowest BCUT2D eigenvalue weighted by molar-refractivity contribution is 0.222. The Balaban J connectivity index is 1.70. The number of hydrogen-bond acceptors (Lipinski definition) is 3. The first-order valence-corrected chi connectivity index (χ1v) is 9.00. The molecule has 0 bridgehead atoms. The van der Waals surface area contributed by atoms with Crippen LogP contribution in [0.4, 0.5) is 10.5 Å². The number of ether oxygens (including phenoxy) is 1. The Morgan fingerprint density at radius 2 is 1.64 bits per heavy atom. The lowest BCUT2D eigenvalue weighted by Crippen LogP contribution is -2.32. The number of nitrogens with one attached hydrogen (secondary N) is 1. The van der Waals surface area contributed by atoms with Gasteiger partial charge in [-0.3, -0.25) is 0 Å². The smallest absolute Gasteiger partial charge is 0.321 e. The molecule has 5 nitrogen and oxygen atoms in total. The van der Waals surface area contributed by atoms with Crippen molar-refractivity contribution in [2.24, 2.45) is 0 Å². The van der Waals surface area contributed by atoms with Gasteiger partial charge in [0.1, 0.15) is 10.8 Å². The van der Waals surface area contributed by atoms with Crippen molar-refractivity contribution < 1.29 is 9.53 Å². The zero-order valence-electron chi connectivity index (χ0n) is 12.9. The summed E-state index contributed by atoms with van der Waals surface area (Å²) < 4.78 is 5.59. The topological polar surface area (TPSA) is 54.5 Å². The molecule has 2 aromatic rings.